The van der Waals surface area contributed by atoms with Gasteiger partial charge in [-0.05, 0) is 49.6 Å². The standard InChI is InChI=1S/C27H29N3O2S/c1-4-5-6-9-14-32-27(31)23-10-7-8-11-24(23)29-17-22(16-28)26-30-25(18-33-26)21-13-12-19(2)20(3)15-21/h7-8,10-13,15,17-18,29H,4-6,9,14H2,1-3H3. The number of thiazole rings is 1. The Balaban J connectivity index is 1.72. The lowest BCUT2D eigenvalue weighted by atomic mass is 10.1. The molecule has 6 heteroatoms. The lowest BCUT2D eigenvalue weighted by molar-refractivity contribution is 0.0499. The normalized spacial score (nSPS) is 11.2. The molecule has 0 radical (unpaired) electrons. The van der Waals surface area contributed by atoms with Crippen LogP contribution in [0.2, 0.25) is 0 Å². The number of ether oxygens (including phenoxy) is 1. The molecule has 1 aromatic heterocycles. The Morgan fingerprint density at radius 2 is 1.97 bits per heavy atom. The van der Waals surface area contributed by atoms with Gasteiger partial charge < -0.3 is 10.1 Å². The van der Waals surface area contributed by atoms with E-state index < -0.39 is 0 Å². The smallest absolute Gasteiger partial charge is 0.340 e. The molecule has 0 aliphatic rings. The predicted octanol–water partition coefficient (Wildman–Crippen LogP) is 7.14. The van der Waals surface area contributed by atoms with Crippen LogP contribution in [0, 0.1) is 25.2 Å². The van der Waals surface area contributed by atoms with Gasteiger partial charge in [0.15, 0.2) is 0 Å². The van der Waals surface area contributed by atoms with Gasteiger partial charge in [0.25, 0.3) is 0 Å². The predicted molar refractivity (Wildman–Crippen MR) is 135 cm³/mol. The fraction of sp³-hybridized carbons (Fsp3) is 0.296. The van der Waals surface area contributed by atoms with Crippen molar-refractivity contribution in [2.45, 2.75) is 46.5 Å². The van der Waals surface area contributed by atoms with E-state index in [0.717, 1.165) is 36.9 Å². The molecule has 1 N–H and O–H groups in total. The molecule has 5 nitrogen and oxygen atoms in total. The van der Waals surface area contributed by atoms with E-state index in [4.69, 9.17) is 4.74 Å². The Kier molecular flexibility index (Phi) is 8.79. The van der Waals surface area contributed by atoms with Crippen molar-refractivity contribution < 1.29 is 9.53 Å². The molecule has 33 heavy (non-hydrogen) atoms. The van der Waals surface area contributed by atoms with Crippen LogP contribution in [0.5, 0.6) is 0 Å². The number of nitrogens with one attached hydrogen (secondary N) is 1. The maximum absolute atomic E-state index is 12.5. The molecule has 170 valence electrons. The average Bonchev–Trinajstić information content (AvgIpc) is 3.31. The summed E-state index contributed by atoms with van der Waals surface area (Å²) < 4.78 is 5.43. The molecule has 0 aliphatic carbocycles. The van der Waals surface area contributed by atoms with E-state index in [1.165, 1.54) is 22.5 Å². The number of benzene rings is 2. The Morgan fingerprint density at radius 3 is 2.73 bits per heavy atom. The molecule has 3 rings (SSSR count). The first-order valence-corrected chi connectivity index (χ1v) is 12.1. The van der Waals surface area contributed by atoms with Gasteiger partial charge >= 0.3 is 5.97 Å². The zero-order chi connectivity index (χ0) is 23.6. The van der Waals surface area contributed by atoms with E-state index in [1.807, 2.05) is 17.5 Å². The van der Waals surface area contributed by atoms with Gasteiger partial charge in [-0.3, -0.25) is 0 Å². The summed E-state index contributed by atoms with van der Waals surface area (Å²) in [6.07, 6.45) is 5.78. The SMILES string of the molecule is CCCCCCOC(=O)c1ccccc1NC=C(C#N)c1nc(-c2ccc(C)c(C)c2)cs1. The largest absolute Gasteiger partial charge is 0.462 e. The minimum absolute atomic E-state index is 0.368. The van der Waals surface area contributed by atoms with Crippen LogP contribution in [0.15, 0.2) is 54.0 Å². The summed E-state index contributed by atoms with van der Waals surface area (Å²) in [5.74, 6) is -0.368. The molecule has 0 aliphatic heterocycles. The van der Waals surface area contributed by atoms with Gasteiger partial charge in [-0.2, -0.15) is 5.26 Å². The van der Waals surface area contributed by atoms with E-state index in [-0.39, 0.29) is 5.97 Å². The van der Waals surface area contributed by atoms with Crippen molar-refractivity contribution in [3.63, 3.8) is 0 Å². The number of rotatable bonds is 10. The topological polar surface area (TPSA) is 75.0 Å². The summed E-state index contributed by atoms with van der Waals surface area (Å²) >= 11 is 1.42. The van der Waals surface area contributed by atoms with Crippen molar-refractivity contribution in [1.82, 2.24) is 4.98 Å². The summed E-state index contributed by atoms with van der Waals surface area (Å²) in [6.45, 7) is 6.71. The van der Waals surface area contributed by atoms with Crippen LogP contribution in [0.3, 0.4) is 0 Å². The van der Waals surface area contributed by atoms with Crippen LogP contribution >= 0.6 is 11.3 Å². The molecule has 0 saturated carbocycles. The highest BCUT2D eigenvalue weighted by Gasteiger charge is 2.13. The monoisotopic (exact) mass is 459 g/mol. The third-order valence-corrected chi connectivity index (χ3v) is 6.28. The van der Waals surface area contributed by atoms with Crippen molar-refractivity contribution in [2.75, 3.05) is 11.9 Å². The fourth-order valence-electron chi connectivity index (χ4n) is 3.28. The van der Waals surface area contributed by atoms with Gasteiger partial charge in [-0.15, -0.1) is 11.3 Å². The average molecular weight is 460 g/mol. The highest BCUT2D eigenvalue weighted by Crippen LogP contribution is 2.27. The van der Waals surface area contributed by atoms with Crippen LogP contribution in [-0.4, -0.2) is 17.6 Å². The Bertz CT molecular complexity index is 1170. The van der Waals surface area contributed by atoms with Crippen molar-refractivity contribution in [1.29, 1.82) is 5.26 Å². The second-order valence-corrected chi connectivity index (χ2v) is 8.75. The summed E-state index contributed by atoms with van der Waals surface area (Å²) in [6, 6.07) is 15.6. The minimum atomic E-state index is -0.368. The number of nitrogens with zero attached hydrogens (tertiary/aromatic N) is 2. The molecule has 0 saturated heterocycles. The molecule has 3 aromatic rings. The van der Waals surface area contributed by atoms with E-state index >= 15 is 0 Å². The molecule has 0 fully saturated rings. The maximum Gasteiger partial charge on any atom is 0.340 e. The molecular weight excluding hydrogens is 430 g/mol. The fourth-order valence-corrected chi connectivity index (χ4v) is 4.08. The molecule has 1 heterocycles. The first-order chi connectivity index (χ1) is 16.0. The van der Waals surface area contributed by atoms with E-state index in [2.05, 4.69) is 49.3 Å². The lowest BCUT2D eigenvalue weighted by Crippen LogP contribution is -2.09. The summed E-state index contributed by atoms with van der Waals surface area (Å²) in [7, 11) is 0. The van der Waals surface area contributed by atoms with Crippen LogP contribution in [0.25, 0.3) is 16.8 Å². The number of para-hydroxylation sites is 1. The van der Waals surface area contributed by atoms with Crippen LogP contribution in [0.4, 0.5) is 5.69 Å². The highest BCUT2D eigenvalue weighted by molar-refractivity contribution is 7.11. The van der Waals surface area contributed by atoms with Gasteiger partial charge in [0, 0.05) is 17.1 Å². The molecule has 2 aromatic carbocycles. The molecule has 0 bridgehead atoms. The maximum atomic E-state index is 12.5. The summed E-state index contributed by atoms with van der Waals surface area (Å²) in [4.78, 5) is 17.2. The Morgan fingerprint density at radius 1 is 1.15 bits per heavy atom. The number of carbonyl (C=O) groups excluding carboxylic acids is 1. The number of hydrogen-bond acceptors (Lipinski definition) is 6. The van der Waals surface area contributed by atoms with Gasteiger partial charge in [0.2, 0.25) is 0 Å². The molecule has 0 atom stereocenters. The molecule has 0 spiro atoms. The van der Waals surface area contributed by atoms with Gasteiger partial charge in [-0.25, -0.2) is 9.78 Å². The van der Waals surface area contributed by atoms with Gasteiger partial charge in [0.05, 0.1) is 23.6 Å². The quantitative estimate of drug-likeness (QED) is 0.198. The number of nitriles is 1. The van der Waals surface area contributed by atoms with Gasteiger partial charge in [0.1, 0.15) is 16.6 Å². The first kappa shape index (κ1) is 24.2. The van der Waals surface area contributed by atoms with E-state index in [0.29, 0.717) is 28.4 Å². The van der Waals surface area contributed by atoms with Crippen molar-refractivity contribution in [3.8, 4) is 17.3 Å². The molecule has 0 unspecified atom stereocenters. The van der Waals surface area contributed by atoms with Crippen LogP contribution in [-0.2, 0) is 4.74 Å². The number of carbonyl (C=O) groups is 1. The van der Waals surface area contributed by atoms with Gasteiger partial charge in [-0.1, -0.05) is 50.5 Å². The number of esters is 1. The zero-order valence-corrected chi connectivity index (χ0v) is 20.2. The van der Waals surface area contributed by atoms with Crippen molar-refractivity contribution >= 4 is 28.6 Å². The van der Waals surface area contributed by atoms with Crippen molar-refractivity contribution in [2.24, 2.45) is 0 Å². The highest BCUT2D eigenvalue weighted by atomic mass is 32.1. The number of hydrogen-bond donors (Lipinski definition) is 1. The lowest BCUT2D eigenvalue weighted by Gasteiger charge is -2.09. The summed E-state index contributed by atoms with van der Waals surface area (Å²) in [5.41, 5.74) is 5.73. The van der Waals surface area contributed by atoms with E-state index in [1.54, 1.807) is 24.4 Å². The minimum Gasteiger partial charge on any atom is -0.462 e. The van der Waals surface area contributed by atoms with E-state index in [9.17, 15) is 10.1 Å². The Labute approximate surface area is 199 Å². The number of anilines is 1. The molecule has 0 amide bonds. The first-order valence-electron chi connectivity index (χ1n) is 11.2. The van der Waals surface area contributed by atoms with Crippen LogP contribution in [0.1, 0.15) is 59.1 Å². The van der Waals surface area contributed by atoms with Crippen LogP contribution < -0.4 is 5.32 Å². The Hall–Kier alpha value is -3.43. The van der Waals surface area contributed by atoms with Crippen molar-refractivity contribution in [3.05, 3.63) is 75.7 Å². The number of aryl methyl sites for hydroxylation is 2. The third kappa shape index (κ3) is 6.53. The zero-order valence-electron chi connectivity index (χ0n) is 19.4. The second-order valence-electron chi connectivity index (χ2n) is 7.89. The molecular formula is C27H29N3O2S. The number of allylic oxidation sites excluding steroid dienone is 1. The summed E-state index contributed by atoms with van der Waals surface area (Å²) in [5, 5.41) is 15.4. The number of unbranched alkanes of at least 4 members (excludes halogenated alkanes) is 3. The third-order valence-electron chi connectivity index (χ3n) is 5.41. The second kappa shape index (κ2) is 12.0. The number of aromatic nitrogens is 1.